The number of halogens is 1. The summed E-state index contributed by atoms with van der Waals surface area (Å²) in [4.78, 5) is 10.7. The van der Waals surface area contributed by atoms with E-state index in [9.17, 15) is 10.1 Å². The number of nitrogens with zero attached hydrogens (tertiary/aromatic N) is 3. The average molecular weight is 450 g/mol. The van der Waals surface area contributed by atoms with Crippen LogP contribution in [0, 0.1) is 17.0 Å². The van der Waals surface area contributed by atoms with Gasteiger partial charge in [-0.05, 0) is 30.7 Å². The number of hydrogen-bond donors (Lipinski definition) is 0. The van der Waals surface area contributed by atoms with Gasteiger partial charge < -0.3 is 9.47 Å². The normalized spacial score (nSPS) is 19.0. The fraction of sp³-hybridized carbons (Fsp3) is 0.208. The molecule has 5 rings (SSSR count). The number of aryl methyl sites for hydroxylation is 1. The number of benzene rings is 3. The molecule has 3 aromatic rings. The third-order valence-corrected chi connectivity index (χ3v) is 6.03. The van der Waals surface area contributed by atoms with Crippen LogP contribution in [-0.2, 0) is 0 Å². The number of non-ortho nitro benzene ring substituents is 1. The Balaban J connectivity index is 1.61. The summed E-state index contributed by atoms with van der Waals surface area (Å²) in [6, 6.07) is 18.1. The predicted octanol–water partition coefficient (Wildman–Crippen LogP) is 5.81. The molecule has 32 heavy (non-hydrogen) atoms. The van der Waals surface area contributed by atoms with E-state index in [1.807, 2.05) is 18.0 Å². The number of hydrogen-bond acceptors (Lipinski definition) is 6. The molecule has 0 aromatic heterocycles. The Kier molecular flexibility index (Phi) is 4.98. The van der Waals surface area contributed by atoms with Gasteiger partial charge >= 0.3 is 0 Å². The lowest BCUT2D eigenvalue weighted by Crippen LogP contribution is -2.33. The second-order valence-corrected chi connectivity index (χ2v) is 8.29. The van der Waals surface area contributed by atoms with E-state index in [0.29, 0.717) is 22.9 Å². The SMILES string of the molecule is COc1cc(Cl)cc2c1O[C@@H](c1ccc([N+](=O)[O-])cc1)N1N=C(c3ccc(C)cc3)C[C@@H]21. The molecule has 0 fully saturated rings. The summed E-state index contributed by atoms with van der Waals surface area (Å²) in [5.41, 5.74) is 4.85. The molecule has 2 heterocycles. The van der Waals surface area contributed by atoms with Gasteiger partial charge in [0.2, 0.25) is 6.23 Å². The minimum atomic E-state index is -0.564. The maximum absolute atomic E-state index is 11.1. The van der Waals surface area contributed by atoms with Gasteiger partial charge in [-0.3, -0.25) is 10.1 Å². The number of nitro benzene ring substituents is 1. The fourth-order valence-corrected chi connectivity index (χ4v) is 4.39. The lowest BCUT2D eigenvalue weighted by molar-refractivity contribution is -0.384. The molecular weight excluding hydrogens is 430 g/mol. The molecule has 8 heteroatoms. The van der Waals surface area contributed by atoms with Gasteiger partial charge in [0.15, 0.2) is 11.5 Å². The van der Waals surface area contributed by atoms with Crippen LogP contribution < -0.4 is 9.47 Å². The predicted molar refractivity (Wildman–Crippen MR) is 121 cm³/mol. The highest BCUT2D eigenvalue weighted by Gasteiger charge is 2.42. The monoisotopic (exact) mass is 449 g/mol. The highest BCUT2D eigenvalue weighted by atomic mass is 35.5. The van der Waals surface area contributed by atoms with Crippen LogP contribution in [0.4, 0.5) is 5.69 Å². The van der Waals surface area contributed by atoms with Crippen molar-refractivity contribution < 1.29 is 14.4 Å². The number of hydrazone groups is 1. The van der Waals surface area contributed by atoms with Crippen LogP contribution in [0.3, 0.4) is 0 Å². The zero-order chi connectivity index (χ0) is 22.4. The standard InChI is InChI=1S/C24H20ClN3O4/c1-14-3-5-15(6-4-14)20-13-21-19-11-17(25)12-22(31-2)23(19)32-24(27(21)26-20)16-7-9-18(10-8-16)28(29)30/h3-12,21,24H,13H2,1-2H3/t21-,24-/m0/s1. The Morgan fingerprint density at radius 2 is 1.88 bits per heavy atom. The van der Waals surface area contributed by atoms with Crippen molar-refractivity contribution in [1.82, 2.24) is 5.01 Å². The molecule has 0 bridgehead atoms. The van der Waals surface area contributed by atoms with E-state index in [0.717, 1.165) is 22.4 Å². The smallest absolute Gasteiger partial charge is 0.269 e. The van der Waals surface area contributed by atoms with E-state index >= 15 is 0 Å². The topological polar surface area (TPSA) is 77.2 Å². The number of rotatable bonds is 4. The number of fused-ring (bicyclic) bond motifs is 3. The molecule has 0 saturated heterocycles. The summed E-state index contributed by atoms with van der Waals surface area (Å²) in [7, 11) is 1.57. The molecule has 0 amide bonds. The molecule has 2 aliphatic rings. The summed E-state index contributed by atoms with van der Waals surface area (Å²) >= 11 is 6.37. The Labute approximate surface area is 190 Å². The first-order chi connectivity index (χ1) is 15.4. The second-order valence-electron chi connectivity index (χ2n) is 7.86. The van der Waals surface area contributed by atoms with Crippen molar-refractivity contribution in [3.05, 3.63) is 98.1 Å². The first-order valence-electron chi connectivity index (χ1n) is 10.2. The number of nitro groups is 1. The summed E-state index contributed by atoms with van der Waals surface area (Å²) in [5.74, 6) is 1.16. The number of ether oxygens (including phenoxy) is 2. The summed E-state index contributed by atoms with van der Waals surface area (Å²) in [6.07, 6.45) is 0.109. The van der Waals surface area contributed by atoms with Crippen molar-refractivity contribution >= 4 is 23.0 Å². The van der Waals surface area contributed by atoms with Crippen molar-refractivity contribution in [2.24, 2.45) is 5.10 Å². The molecule has 0 aliphatic carbocycles. The Morgan fingerprint density at radius 3 is 2.53 bits per heavy atom. The van der Waals surface area contributed by atoms with Crippen molar-refractivity contribution in [2.45, 2.75) is 25.6 Å². The Hall–Kier alpha value is -3.58. The maximum Gasteiger partial charge on any atom is 0.269 e. The zero-order valence-corrected chi connectivity index (χ0v) is 18.2. The maximum atomic E-state index is 11.1. The average Bonchev–Trinajstić information content (AvgIpc) is 3.24. The van der Waals surface area contributed by atoms with Crippen molar-refractivity contribution in [2.75, 3.05) is 7.11 Å². The minimum absolute atomic E-state index is 0.0242. The minimum Gasteiger partial charge on any atom is -0.493 e. The lowest BCUT2D eigenvalue weighted by atomic mass is 9.95. The van der Waals surface area contributed by atoms with E-state index in [2.05, 4.69) is 24.3 Å². The van der Waals surface area contributed by atoms with Crippen LogP contribution in [0.15, 0.2) is 65.8 Å². The van der Waals surface area contributed by atoms with Crippen LogP contribution in [-0.4, -0.2) is 22.8 Å². The molecule has 2 atom stereocenters. The molecule has 0 radical (unpaired) electrons. The molecule has 0 N–H and O–H groups in total. The van der Waals surface area contributed by atoms with Crippen molar-refractivity contribution in [3.63, 3.8) is 0 Å². The van der Waals surface area contributed by atoms with E-state index in [4.69, 9.17) is 26.2 Å². The van der Waals surface area contributed by atoms with Gasteiger partial charge in [0.1, 0.15) is 0 Å². The van der Waals surface area contributed by atoms with Gasteiger partial charge in [-0.2, -0.15) is 5.10 Å². The third-order valence-electron chi connectivity index (χ3n) is 5.81. The molecule has 0 spiro atoms. The zero-order valence-electron chi connectivity index (χ0n) is 17.5. The van der Waals surface area contributed by atoms with E-state index < -0.39 is 11.2 Å². The first kappa shape index (κ1) is 20.3. The van der Waals surface area contributed by atoms with E-state index in [1.54, 1.807) is 25.3 Å². The van der Waals surface area contributed by atoms with Crippen molar-refractivity contribution in [1.29, 1.82) is 0 Å². The van der Waals surface area contributed by atoms with E-state index in [-0.39, 0.29) is 11.7 Å². The molecule has 0 unspecified atom stereocenters. The first-order valence-corrected chi connectivity index (χ1v) is 10.5. The highest BCUT2D eigenvalue weighted by molar-refractivity contribution is 6.30. The van der Waals surface area contributed by atoms with Gasteiger partial charge in [-0.15, -0.1) is 0 Å². The highest BCUT2D eigenvalue weighted by Crippen LogP contribution is 2.51. The summed E-state index contributed by atoms with van der Waals surface area (Å²) in [5, 5.41) is 18.5. The second kappa shape index (κ2) is 7.84. The number of methoxy groups -OCH3 is 1. The lowest BCUT2D eigenvalue weighted by Gasteiger charge is -2.38. The third kappa shape index (κ3) is 3.44. The molecule has 0 saturated carbocycles. The summed E-state index contributed by atoms with van der Waals surface area (Å²) < 4.78 is 11.9. The van der Waals surface area contributed by atoms with Gasteiger partial charge in [0, 0.05) is 40.8 Å². The summed E-state index contributed by atoms with van der Waals surface area (Å²) in [6.45, 7) is 2.05. The largest absolute Gasteiger partial charge is 0.493 e. The van der Waals surface area contributed by atoms with Gasteiger partial charge in [0.05, 0.1) is 23.8 Å². The molecular formula is C24H20ClN3O4. The van der Waals surface area contributed by atoms with E-state index in [1.165, 1.54) is 17.7 Å². The van der Waals surface area contributed by atoms with Gasteiger partial charge in [-0.1, -0.05) is 41.4 Å². The van der Waals surface area contributed by atoms with Crippen LogP contribution >= 0.6 is 11.6 Å². The Morgan fingerprint density at radius 1 is 1.16 bits per heavy atom. The van der Waals surface area contributed by atoms with Crippen LogP contribution in [0.5, 0.6) is 11.5 Å². The fourth-order valence-electron chi connectivity index (χ4n) is 4.18. The molecule has 7 nitrogen and oxygen atoms in total. The van der Waals surface area contributed by atoms with Crippen molar-refractivity contribution in [3.8, 4) is 11.5 Å². The Bertz CT molecular complexity index is 1230. The quantitative estimate of drug-likeness (QED) is 0.371. The van der Waals surface area contributed by atoms with Crippen LogP contribution in [0.25, 0.3) is 0 Å². The van der Waals surface area contributed by atoms with Gasteiger partial charge in [0.25, 0.3) is 5.69 Å². The molecule has 2 aliphatic heterocycles. The van der Waals surface area contributed by atoms with Crippen LogP contribution in [0.1, 0.15) is 40.9 Å². The molecule has 162 valence electrons. The molecule has 3 aromatic carbocycles. The van der Waals surface area contributed by atoms with Gasteiger partial charge in [-0.25, -0.2) is 5.01 Å². The van der Waals surface area contributed by atoms with Crippen LogP contribution in [0.2, 0.25) is 5.02 Å².